The smallest absolute Gasteiger partial charge is 0.317 e. The minimum atomic E-state index is -1.41. The zero-order chi connectivity index (χ0) is 96.0. The zero-order valence-electron chi connectivity index (χ0n) is 77.0. The molecule has 18 atom stereocenters. The predicted molar refractivity (Wildman–Crippen MR) is 483 cm³/mol. The van der Waals surface area contributed by atoms with Crippen molar-refractivity contribution in [2.24, 2.45) is 69.6 Å². The van der Waals surface area contributed by atoms with Crippen LogP contribution in [0.1, 0.15) is 150 Å². The zero-order valence-corrected chi connectivity index (χ0v) is 77.8. The molecule has 2 aromatic heterocycles. The molecule has 12 amide bonds. The number of thioether (sulfide) groups is 1. The van der Waals surface area contributed by atoms with Gasteiger partial charge in [0.15, 0.2) is 0 Å². The number of aromatic nitrogens is 3. The van der Waals surface area contributed by atoms with Crippen molar-refractivity contribution in [3.63, 3.8) is 0 Å². The van der Waals surface area contributed by atoms with Crippen LogP contribution in [0.4, 0.5) is 0 Å². The molecule has 131 heavy (non-hydrogen) atoms. The Morgan fingerprint density at radius 1 is 0.580 bits per heavy atom. The van der Waals surface area contributed by atoms with Gasteiger partial charge in [-0.25, -0.2) is 4.98 Å². The van der Waals surface area contributed by atoms with E-state index < -0.39 is 149 Å². The SMILES string of the molecule is CSCC[C@H](NC(=O)[C@H](CC(C)C)NC(=O)[C@H](Cc1cnc[nH]1)NC(=O)CNC(=O)[C@@H](NC(=O)[C@H](C)NC(=O)[C@H](Cc1c[nH]c2ccccc12)NC(=O)[C@H](CCC(N)=O)NC(=O)CCC(C)[C@H]1CCC2C3C(C[C@H](O)[C@@]21C)[C@@]1(C)CC[C@H](NC(=O)COCCOCCNC(=O)CN2CCN(CC(=O)O)CCN(CC(=O)O)CCN(CC(=O)O)CC2)CC1C[C@H]3O)C(C)C)C(N)=O. The lowest BCUT2D eigenvalue weighted by molar-refractivity contribution is -0.202. The van der Waals surface area contributed by atoms with Gasteiger partial charge in [-0.1, -0.05) is 66.7 Å². The molecule has 0 bridgehead atoms. The number of fused-ring (bicyclic) bond motifs is 6. The number of primary amides is 2. The molecule has 8 rings (SSSR count). The second-order valence-electron chi connectivity index (χ2n) is 37.2. The fourth-order valence-corrected chi connectivity index (χ4v) is 20.4. The third kappa shape index (κ3) is 32.2. The van der Waals surface area contributed by atoms with Gasteiger partial charge in [0.1, 0.15) is 48.9 Å². The summed E-state index contributed by atoms with van der Waals surface area (Å²) in [7, 11) is 0. The van der Waals surface area contributed by atoms with E-state index in [1.165, 1.54) is 31.2 Å². The summed E-state index contributed by atoms with van der Waals surface area (Å²) in [6, 6.07) is -1.78. The Kier molecular flexibility index (Phi) is 41.7. The molecule has 5 aliphatic rings. The van der Waals surface area contributed by atoms with Crippen LogP contribution in [-0.2, 0) is 94.2 Å². The molecule has 5 fully saturated rings. The fourth-order valence-electron chi connectivity index (χ4n) is 19.9. The maximum Gasteiger partial charge on any atom is 0.317 e. The minimum Gasteiger partial charge on any atom is -0.480 e. The Bertz CT molecular complexity index is 4320. The van der Waals surface area contributed by atoms with Gasteiger partial charge in [-0.3, -0.25) is 91.5 Å². The van der Waals surface area contributed by atoms with E-state index in [9.17, 15) is 97.5 Å². The van der Waals surface area contributed by atoms with Gasteiger partial charge in [0.2, 0.25) is 70.9 Å². The number of hydrogen-bond donors (Lipinski definition) is 19. The summed E-state index contributed by atoms with van der Waals surface area (Å²) in [6.07, 6.45) is 9.43. The van der Waals surface area contributed by atoms with Crippen LogP contribution in [0.25, 0.3) is 10.9 Å². The van der Waals surface area contributed by atoms with Crippen molar-refractivity contribution in [2.45, 2.75) is 212 Å². The van der Waals surface area contributed by atoms with Crippen molar-refractivity contribution < 1.29 is 107 Å². The molecule has 41 nitrogen and oxygen atoms in total. The number of carboxylic acids is 3. The largest absolute Gasteiger partial charge is 0.480 e. The van der Waals surface area contributed by atoms with E-state index in [0.29, 0.717) is 49.1 Å². The van der Waals surface area contributed by atoms with Gasteiger partial charge >= 0.3 is 17.9 Å². The Labute approximate surface area is 768 Å². The summed E-state index contributed by atoms with van der Waals surface area (Å²) in [5, 5.41) is 81.5. The van der Waals surface area contributed by atoms with Crippen LogP contribution in [0.3, 0.4) is 0 Å². The third-order valence-electron chi connectivity index (χ3n) is 27.0. The number of aliphatic hydroxyl groups excluding tert-OH is 2. The summed E-state index contributed by atoms with van der Waals surface area (Å²) in [5.74, 6) is -11.7. The lowest BCUT2D eigenvalue weighted by Gasteiger charge is -2.63. The fraction of sp³-hybridized carbons (Fsp3) is 0.708. The lowest BCUT2D eigenvalue weighted by Crippen LogP contribution is -2.63. The van der Waals surface area contributed by atoms with Crippen LogP contribution < -0.4 is 64.6 Å². The number of nitrogens with two attached hydrogens (primary N) is 2. The standard InChI is InChI=1S/C89H141N19O22S/c1-51(2)36-66(85(126)101-64(81(91)122)21-35-131-9)102-86(127)68(40-58-43-92-50-96-58)100-73(113)44-95-87(128)80(52(3)4)104-82(123)54(6)97-84(125)67(37-55-42-94-63-13-11-10-12-59(55)63)103-83(124)65(17-18-71(90)111)99-72(112)19-14-53(5)60-15-16-61-79-62(41-70(110)89(60,61)8)88(7)22-20-57(38-56(88)39-69(79)109)98-75(115)49-130-34-33-129-32-23-93-74(114)45-105-24-26-106(46-76(116)117)28-30-108(48-78(120)121)31-29-107(27-25-105)47-77(118)119/h10-13,42-43,50-54,56-57,60-62,64-70,79-80,94,109-110H,14-41,44-49H2,1-9H3,(H2,90,111)(H2,91,122)(H,92,96)(H,93,114)(H,95,128)(H,97,125)(H,98,115)(H,99,112)(H,100,113)(H,101,126)(H,102,127)(H,103,124)(H,104,123)(H,116,117)(H,118,119)(H,120,121)/t53?,54-,56?,57-,60+,61?,62?,64-,65-,66-,67-,68-,69+,70-,79?,80-,88-,89+/m0/s1. The van der Waals surface area contributed by atoms with Crippen LogP contribution in [0, 0.1) is 58.2 Å². The van der Waals surface area contributed by atoms with Crippen molar-refractivity contribution in [3.8, 4) is 0 Å². The Hall–Kier alpha value is -9.95. The van der Waals surface area contributed by atoms with Gasteiger partial charge in [-0.15, -0.1) is 0 Å². The number of H-pyrrole nitrogens is 2. The lowest BCUT2D eigenvalue weighted by atomic mass is 9.43. The molecule has 4 saturated carbocycles. The van der Waals surface area contributed by atoms with Crippen molar-refractivity contribution in [3.05, 3.63) is 54.2 Å². The molecule has 3 aromatic rings. The number of rotatable bonds is 50. The highest BCUT2D eigenvalue weighted by Crippen LogP contribution is 2.68. The first-order chi connectivity index (χ1) is 62.1. The molecule has 0 spiro atoms. The minimum absolute atomic E-state index is 0.00419. The normalized spacial score (nSPS) is 24.0. The Morgan fingerprint density at radius 2 is 1.17 bits per heavy atom. The van der Waals surface area contributed by atoms with Gasteiger partial charge in [-0.05, 0) is 159 Å². The second-order valence-corrected chi connectivity index (χ2v) is 38.2. The van der Waals surface area contributed by atoms with E-state index in [2.05, 4.69) is 82.0 Å². The van der Waals surface area contributed by atoms with Crippen molar-refractivity contribution >= 4 is 111 Å². The number of carboxylic acid groups (broad SMARTS) is 3. The Morgan fingerprint density at radius 3 is 1.77 bits per heavy atom. The summed E-state index contributed by atoms with van der Waals surface area (Å²) < 4.78 is 11.4. The molecule has 1 saturated heterocycles. The second kappa shape index (κ2) is 51.3. The third-order valence-corrected chi connectivity index (χ3v) is 27.7. The van der Waals surface area contributed by atoms with Gasteiger partial charge < -0.3 is 110 Å². The van der Waals surface area contributed by atoms with Crippen LogP contribution in [0.2, 0.25) is 0 Å². The van der Waals surface area contributed by atoms with Crippen LogP contribution in [-0.4, -0.2) is 339 Å². The van der Waals surface area contributed by atoms with Gasteiger partial charge in [0, 0.05) is 120 Å². The van der Waals surface area contributed by atoms with Gasteiger partial charge in [0.05, 0.1) is 71.1 Å². The number of hydrogen-bond acceptors (Lipinski definition) is 25. The monoisotopic (exact) mass is 1860 g/mol. The molecule has 0 radical (unpaired) electrons. The summed E-state index contributed by atoms with van der Waals surface area (Å²) in [5.41, 5.74) is 12.2. The topological polar surface area (TPSA) is 605 Å². The molecule has 3 heterocycles. The summed E-state index contributed by atoms with van der Waals surface area (Å²) in [6.45, 7) is 15.6. The van der Waals surface area contributed by atoms with E-state index in [0.717, 1.165) is 30.2 Å². The molecule has 21 N–H and O–H groups in total. The number of aromatic amines is 2. The maximum atomic E-state index is 14.7. The van der Waals surface area contributed by atoms with E-state index in [1.807, 2.05) is 50.1 Å². The van der Waals surface area contributed by atoms with E-state index in [-0.39, 0.29) is 221 Å². The number of para-hydroxylation sites is 1. The summed E-state index contributed by atoms with van der Waals surface area (Å²) >= 11 is 1.46. The van der Waals surface area contributed by atoms with Crippen molar-refractivity contribution in [1.29, 1.82) is 0 Å². The van der Waals surface area contributed by atoms with Crippen LogP contribution >= 0.6 is 11.8 Å². The van der Waals surface area contributed by atoms with Crippen molar-refractivity contribution in [1.82, 2.24) is 87.7 Å². The highest BCUT2D eigenvalue weighted by Gasteiger charge is 2.66. The molecule has 1 aromatic carbocycles. The number of ether oxygens (including phenoxy) is 2. The number of carbonyl (C=O) groups is 15. The van der Waals surface area contributed by atoms with Crippen LogP contribution in [0.15, 0.2) is 43.0 Å². The van der Waals surface area contributed by atoms with E-state index in [1.54, 1.807) is 40.8 Å². The first-order valence-corrected chi connectivity index (χ1v) is 47.1. The van der Waals surface area contributed by atoms with Gasteiger partial charge in [-0.2, -0.15) is 11.8 Å². The number of carbonyl (C=O) groups excluding carboxylic acids is 12. The predicted octanol–water partition coefficient (Wildman–Crippen LogP) is -1.46. The van der Waals surface area contributed by atoms with Crippen molar-refractivity contribution in [2.75, 3.05) is 130 Å². The number of imidazole rings is 1. The first-order valence-electron chi connectivity index (χ1n) is 45.8. The molecule has 42 heteroatoms. The molecule has 4 aliphatic carbocycles. The van der Waals surface area contributed by atoms with Crippen LogP contribution in [0.5, 0.6) is 0 Å². The van der Waals surface area contributed by atoms with Gasteiger partial charge in [0.25, 0.3) is 0 Å². The number of benzene rings is 1. The Balaban J connectivity index is 0.798. The number of aliphatic carboxylic acids is 3. The summed E-state index contributed by atoms with van der Waals surface area (Å²) in [4.78, 5) is 216. The highest BCUT2D eigenvalue weighted by atomic mass is 32.2. The quantitative estimate of drug-likeness (QED) is 0.0287. The number of amides is 12. The first kappa shape index (κ1) is 106. The number of nitrogens with zero attached hydrogens (tertiary/aromatic N) is 5. The molecular weight excluding hydrogens is 1720 g/mol. The highest BCUT2D eigenvalue weighted by molar-refractivity contribution is 7.98. The molecule has 730 valence electrons. The molecule has 1 aliphatic heterocycles. The molecule has 5 unspecified atom stereocenters. The van der Waals surface area contributed by atoms with E-state index in [4.69, 9.17) is 20.9 Å². The maximum absolute atomic E-state index is 14.7. The number of nitrogens with one attached hydrogen (secondary N) is 12. The molecular formula is C89H141N19O22S. The number of aliphatic hydroxyl groups is 2. The average molecular weight is 1860 g/mol. The van der Waals surface area contributed by atoms with E-state index >= 15 is 0 Å². The average Bonchev–Trinajstić information content (AvgIpc) is 1.69.